The fraction of sp³-hybridized carbons (Fsp3) is 0.308. The molecule has 94 valence electrons. The summed E-state index contributed by atoms with van der Waals surface area (Å²) in [4.78, 5) is 15.8. The summed E-state index contributed by atoms with van der Waals surface area (Å²) in [6.45, 7) is 1.00. The molecule has 1 aliphatic rings. The van der Waals surface area contributed by atoms with Gasteiger partial charge in [0.2, 0.25) is 0 Å². The highest BCUT2D eigenvalue weighted by molar-refractivity contribution is 5.86. The maximum atomic E-state index is 11.0. The third kappa shape index (κ3) is 1.59. The highest BCUT2D eigenvalue weighted by Crippen LogP contribution is 2.30. The van der Waals surface area contributed by atoms with Crippen molar-refractivity contribution in [1.29, 1.82) is 0 Å². The van der Waals surface area contributed by atoms with Gasteiger partial charge < -0.3 is 19.7 Å². The van der Waals surface area contributed by atoms with Gasteiger partial charge in [-0.3, -0.25) is 0 Å². The second-order valence-electron chi connectivity index (χ2n) is 4.45. The molecule has 1 aromatic heterocycles. The second-order valence-corrected chi connectivity index (χ2v) is 4.45. The fourth-order valence-electron chi connectivity index (χ4n) is 2.49. The Morgan fingerprint density at radius 2 is 2.33 bits per heavy atom. The molecule has 0 saturated carbocycles. The van der Waals surface area contributed by atoms with Gasteiger partial charge in [0.1, 0.15) is 5.75 Å². The predicted octanol–water partition coefficient (Wildman–Crippen LogP) is 2.21. The minimum Gasteiger partial charge on any atom is -0.497 e. The molecular formula is C13H14N2O3. The Hall–Kier alpha value is -2.17. The number of hydrogen-bond acceptors (Lipinski definition) is 2. The molecule has 0 spiro atoms. The minimum atomic E-state index is -0.858. The van der Waals surface area contributed by atoms with E-state index in [-0.39, 0.29) is 0 Å². The van der Waals surface area contributed by atoms with Crippen LogP contribution in [0, 0.1) is 0 Å². The Morgan fingerprint density at radius 3 is 3.06 bits per heavy atom. The Balaban J connectivity index is 2.08. The Kier molecular flexibility index (Phi) is 2.40. The first-order chi connectivity index (χ1) is 8.69. The van der Waals surface area contributed by atoms with Gasteiger partial charge in [0, 0.05) is 41.2 Å². The summed E-state index contributed by atoms with van der Waals surface area (Å²) in [5.41, 5.74) is 3.23. The number of ether oxygens (including phenoxy) is 1. The van der Waals surface area contributed by atoms with E-state index in [1.54, 1.807) is 7.11 Å². The molecule has 5 heteroatoms. The van der Waals surface area contributed by atoms with E-state index in [0.29, 0.717) is 13.1 Å². The molecule has 0 radical (unpaired) electrons. The number of hydrogen-bond donors (Lipinski definition) is 2. The minimum absolute atomic E-state index is 0.455. The van der Waals surface area contributed by atoms with Crippen LogP contribution >= 0.6 is 0 Å². The molecule has 0 bridgehead atoms. The van der Waals surface area contributed by atoms with Crippen LogP contribution < -0.4 is 4.74 Å². The summed E-state index contributed by atoms with van der Waals surface area (Å²) in [6, 6.07) is 5.82. The number of H-pyrrole nitrogens is 1. The van der Waals surface area contributed by atoms with Gasteiger partial charge in [-0.1, -0.05) is 0 Å². The van der Waals surface area contributed by atoms with Crippen molar-refractivity contribution < 1.29 is 14.6 Å². The summed E-state index contributed by atoms with van der Waals surface area (Å²) in [5, 5.41) is 10.1. The van der Waals surface area contributed by atoms with Crippen LogP contribution in [0.15, 0.2) is 18.2 Å². The standard InChI is InChI=1S/C13H14N2O3/c1-18-8-2-3-9-10-7-15(13(16)17)5-4-11(10)14-12(9)6-8/h2-3,6,14H,4-5,7H2,1H3,(H,16,17). The lowest BCUT2D eigenvalue weighted by Crippen LogP contribution is -2.34. The molecular weight excluding hydrogens is 232 g/mol. The molecule has 0 atom stereocenters. The highest BCUT2D eigenvalue weighted by atomic mass is 16.5. The van der Waals surface area contributed by atoms with Crippen LogP contribution in [0.3, 0.4) is 0 Å². The average Bonchev–Trinajstić information content (AvgIpc) is 2.74. The number of carboxylic acid groups (broad SMARTS) is 1. The predicted molar refractivity (Wildman–Crippen MR) is 67.0 cm³/mol. The van der Waals surface area contributed by atoms with Gasteiger partial charge in [0.05, 0.1) is 13.7 Å². The van der Waals surface area contributed by atoms with E-state index in [9.17, 15) is 4.79 Å². The molecule has 2 aromatic rings. The van der Waals surface area contributed by atoms with Crippen molar-refractivity contribution in [3.63, 3.8) is 0 Å². The van der Waals surface area contributed by atoms with Gasteiger partial charge in [-0.05, 0) is 12.1 Å². The molecule has 1 aromatic carbocycles. The average molecular weight is 246 g/mol. The number of nitrogens with zero attached hydrogens (tertiary/aromatic N) is 1. The molecule has 5 nitrogen and oxygen atoms in total. The number of carbonyl (C=O) groups is 1. The van der Waals surface area contributed by atoms with Gasteiger partial charge in [-0.2, -0.15) is 0 Å². The third-order valence-electron chi connectivity index (χ3n) is 3.45. The molecule has 0 fully saturated rings. The normalized spacial score (nSPS) is 14.6. The van der Waals surface area contributed by atoms with E-state index >= 15 is 0 Å². The lowest BCUT2D eigenvalue weighted by Gasteiger charge is -2.24. The first-order valence-electron chi connectivity index (χ1n) is 5.84. The number of aromatic amines is 1. The number of amides is 1. The summed E-state index contributed by atoms with van der Waals surface area (Å²) < 4.78 is 5.19. The van der Waals surface area contributed by atoms with Crippen LogP contribution in [0.25, 0.3) is 10.9 Å². The maximum Gasteiger partial charge on any atom is 0.407 e. The van der Waals surface area contributed by atoms with Crippen LogP contribution in [0.4, 0.5) is 4.79 Å². The zero-order valence-corrected chi connectivity index (χ0v) is 10.1. The Labute approximate surface area is 104 Å². The molecule has 2 N–H and O–H groups in total. The van der Waals surface area contributed by atoms with Crippen LogP contribution in [0.5, 0.6) is 5.75 Å². The molecule has 0 saturated heterocycles. The Morgan fingerprint density at radius 1 is 1.50 bits per heavy atom. The summed E-state index contributed by atoms with van der Waals surface area (Å²) in [6.07, 6.45) is -0.123. The molecule has 2 heterocycles. The van der Waals surface area contributed by atoms with Crippen molar-refractivity contribution in [2.75, 3.05) is 13.7 Å². The van der Waals surface area contributed by atoms with Crippen LogP contribution in [0.1, 0.15) is 11.3 Å². The van der Waals surface area contributed by atoms with E-state index in [2.05, 4.69) is 4.98 Å². The number of methoxy groups -OCH3 is 1. The van der Waals surface area contributed by atoms with Crippen molar-refractivity contribution in [2.24, 2.45) is 0 Å². The number of nitrogens with one attached hydrogen (secondary N) is 1. The van der Waals surface area contributed by atoms with Crippen molar-refractivity contribution in [3.05, 3.63) is 29.5 Å². The summed E-state index contributed by atoms with van der Waals surface area (Å²) >= 11 is 0. The van der Waals surface area contributed by atoms with E-state index in [1.165, 1.54) is 4.90 Å². The van der Waals surface area contributed by atoms with Crippen LogP contribution in [0.2, 0.25) is 0 Å². The number of rotatable bonds is 1. The van der Waals surface area contributed by atoms with Gasteiger partial charge >= 0.3 is 6.09 Å². The molecule has 3 rings (SSSR count). The van der Waals surface area contributed by atoms with Crippen molar-refractivity contribution in [3.8, 4) is 5.75 Å². The van der Waals surface area contributed by atoms with Crippen LogP contribution in [-0.2, 0) is 13.0 Å². The van der Waals surface area contributed by atoms with Crippen molar-refractivity contribution >= 4 is 17.0 Å². The fourth-order valence-corrected chi connectivity index (χ4v) is 2.49. The first kappa shape index (κ1) is 11.0. The zero-order chi connectivity index (χ0) is 12.7. The quantitative estimate of drug-likeness (QED) is 0.810. The highest BCUT2D eigenvalue weighted by Gasteiger charge is 2.23. The monoisotopic (exact) mass is 246 g/mol. The largest absolute Gasteiger partial charge is 0.497 e. The van der Waals surface area contributed by atoms with Gasteiger partial charge in [-0.15, -0.1) is 0 Å². The first-order valence-corrected chi connectivity index (χ1v) is 5.84. The lowest BCUT2D eigenvalue weighted by atomic mass is 10.0. The van der Waals surface area contributed by atoms with E-state index < -0.39 is 6.09 Å². The summed E-state index contributed by atoms with van der Waals surface area (Å²) in [5.74, 6) is 0.802. The second kappa shape index (κ2) is 3.94. The topological polar surface area (TPSA) is 65.6 Å². The molecule has 1 aliphatic heterocycles. The number of benzene rings is 1. The molecule has 1 amide bonds. The van der Waals surface area contributed by atoms with E-state index in [0.717, 1.165) is 34.3 Å². The van der Waals surface area contributed by atoms with Gasteiger partial charge in [0.15, 0.2) is 0 Å². The van der Waals surface area contributed by atoms with Crippen molar-refractivity contribution in [2.45, 2.75) is 13.0 Å². The number of fused-ring (bicyclic) bond motifs is 3. The molecule has 0 unspecified atom stereocenters. The van der Waals surface area contributed by atoms with E-state index in [4.69, 9.17) is 9.84 Å². The molecule has 0 aliphatic carbocycles. The van der Waals surface area contributed by atoms with Gasteiger partial charge in [-0.25, -0.2) is 4.79 Å². The Bertz CT molecular complexity index is 618. The van der Waals surface area contributed by atoms with Crippen molar-refractivity contribution in [1.82, 2.24) is 9.88 Å². The maximum absolute atomic E-state index is 11.0. The van der Waals surface area contributed by atoms with Gasteiger partial charge in [0.25, 0.3) is 0 Å². The number of aromatic nitrogens is 1. The summed E-state index contributed by atoms with van der Waals surface area (Å²) in [7, 11) is 1.64. The smallest absolute Gasteiger partial charge is 0.407 e. The lowest BCUT2D eigenvalue weighted by molar-refractivity contribution is 0.140. The zero-order valence-electron chi connectivity index (χ0n) is 10.1. The molecule has 18 heavy (non-hydrogen) atoms. The SMILES string of the molecule is COc1ccc2c3c([nH]c2c1)CCN(C(=O)O)C3. The van der Waals surface area contributed by atoms with E-state index in [1.807, 2.05) is 18.2 Å². The van der Waals surface area contributed by atoms with Crippen LogP contribution in [-0.4, -0.2) is 34.7 Å². The third-order valence-corrected chi connectivity index (χ3v) is 3.45.